The van der Waals surface area contributed by atoms with E-state index < -0.39 is 0 Å². The SMILES string of the molecule is COc1cc2ncnc(N3CCN(C4N=CC(Cc5ccccc5)=CN4C)CC3)c2cc1OCC1CCNC1. The van der Waals surface area contributed by atoms with Crippen molar-refractivity contribution in [3.8, 4) is 11.5 Å². The summed E-state index contributed by atoms with van der Waals surface area (Å²) in [6.07, 6.45) is 7.96. The van der Waals surface area contributed by atoms with Crippen LogP contribution in [0.5, 0.6) is 11.5 Å². The lowest BCUT2D eigenvalue weighted by Gasteiger charge is -2.42. The van der Waals surface area contributed by atoms with Crippen molar-refractivity contribution in [2.24, 2.45) is 10.9 Å². The van der Waals surface area contributed by atoms with Gasteiger partial charge in [-0.25, -0.2) is 9.97 Å². The van der Waals surface area contributed by atoms with Crippen molar-refractivity contribution in [1.29, 1.82) is 0 Å². The van der Waals surface area contributed by atoms with Crippen LogP contribution >= 0.6 is 0 Å². The number of methoxy groups -OCH3 is 1. The van der Waals surface area contributed by atoms with Crippen molar-refractivity contribution in [2.45, 2.75) is 19.1 Å². The van der Waals surface area contributed by atoms with Crippen molar-refractivity contribution in [1.82, 2.24) is 25.1 Å². The maximum atomic E-state index is 6.24. The van der Waals surface area contributed by atoms with Crippen LogP contribution in [0.25, 0.3) is 10.9 Å². The van der Waals surface area contributed by atoms with Crippen molar-refractivity contribution < 1.29 is 9.47 Å². The van der Waals surface area contributed by atoms with Crippen LogP contribution in [0.4, 0.5) is 5.82 Å². The Morgan fingerprint density at radius 2 is 1.87 bits per heavy atom. The third kappa shape index (κ3) is 5.69. The molecule has 0 radical (unpaired) electrons. The quantitative estimate of drug-likeness (QED) is 0.479. The fourth-order valence-electron chi connectivity index (χ4n) is 5.71. The summed E-state index contributed by atoms with van der Waals surface area (Å²) >= 11 is 0. The van der Waals surface area contributed by atoms with Crippen LogP contribution in [-0.4, -0.2) is 92.3 Å². The largest absolute Gasteiger partial charge is 0.493 e. The number of ether oxygens (including phenoxy) is 2. The Labute approximate surface area is 230 Å². The van der Waals surface area contributed by atoms with Gasteiger partial charge < -0.3 is 24.6 Å². The lowest BCUT2D eigenvalue weighted by molar-refractivity contribution is 0.0917. The molecule has 204 valence electrons. The number of fused-ring (bicyclic) bond motifs is 1. The van der Waals surface area contributed by atoms with Crippen LogP contribution in [0, 0.1) is 5.92 Å². The molecular formula is C30H37N7O2. The molecule has 2 unspecified atom stereocenters. The molecule has 0 spiro atoms. The van der Waals surface area contributed by atoms with Crippen molar-refractivity contribution in [3.63, 3.8) is 0 Å². The molecule has 0 aliphatic carbocycles. The van der Waals surface area contributed by atoms with E-state index in [0.717, 1.165) is 74.6 Å². The molecule has 2 fully saturated rings. The molecule has 9 heteroatoms. The zero-order valence-electron chi connectivity index (χ0n) is 22.8. The first kappa shape index (κ1) is 25.6. The summed E-state index contributed by atoms with van der Waals surface area (Å²) in [5, 5.41) is 4.40. The van der Waals surface area contributed by atoms with E-state index in [2.05, 4.69) is 74.6 Å². The number of rotatable bonds is 8. The maximum absolute atomic E-state index is 6.24. The Morgan fingerprint density at radius 3 is 2.62 bits per heavy atom. The first-order chi connectivity index (χ1) is 19.2. The average molecular weight is 528 g/mol. The molecule has 1 N–H and O–H groups in total. The Bertz CT molecular complexity index is 1330. The van der Waals surface area contributed by atoms with Crippen LogP contribution in [0.15, 0.2) is 65.6 Å². The Morgan fingerprint density at radius 1 is 1.03 bits per heavy atom. The molecule has 3 aliphatic heterocycles. The van der Waals surface area contributed by atoms with E-state index >= 15 is 0 Å². The number of nitrogens with one attached hydrogen (secondary N) is 1. The summed E-state index contributed by atoms with van der Waals surface area (Å²) in [5.74, 6) is 2.93. The van der Waals surface area contributed by atoms with Gasteiger partial charge in [0.15, 0.2) is 17.8 Å². The molecule has 2 saturated heterocycles. The number of allylic oxidation sites excluding steroid dienone is 1. The number of piperazine rings is 1. The van der Waals surface area contributed by atoms with Gasteiger partial charge in [-0.2, -0.15) is 0 Å². The third-order valence-corrected chi connectivity index (χ3v) is 7.84. The van der Waals surface area contributed by atoms with E-state index in [0.29, 0.717) is 18.3 Å². The minimum absolute atomic E-state index is 0.0168. The van der Waals surface area contributed by atoms with E-state index in [9.17, 15) is 0 Å². The van der Waals surface area contributed by atoms with Gasteiger partial charge in [0.25, 0.3) is 0 Å². The third-order valence-electron chi connectivity index (χ3n) is 7.84. The molecule has 9 nitrogen and oxygen atoms in total. The Kier molecular flexibility index (Phi) is 7.60. The minimum Gasteiger partial charge on any atom is -0.493 e. The van der Waals surface area contributed by atoms with E-state index in [-0.39, 0.29) is 6.29 Å². The standard InChI is InChI=1S/C30H37N7O2/c1-35-19-24(14-22-6-4-3-5-7-22)18-32-30(35)37-12-10-36(11-13-37)29-25-15-28(39-20-23-8-9-31-17-23)27(38-2)16-26(25)33-21-34-29/h3-7,15-16,18-19,21,23,30-31H,8-14,17,20H2,1-2H3. The van der Waals surface area contributed by atoms with Gasteiger partial charge in [-0.3, -0.25) is 9.89 Å². The average Bonchev–Trinajstić information content (AvgIpc) is 3.50. The zero-order chi connectivity index (χ0) is 26.6. The number of hydrogen-bond donors (Lipinski definition) is 1. The number of anilines is 1. The highest BCUT2D eigenvalue weighted by atomic mass is 16.5. The van der Waals surface area contributed by atoms with Gasteiger partial charge in [0.1, 0.15) is 12.1 Å². The summed E-state index contributed by atoms with van der Waals surface area (Å²) in [4.78, 5) is 21.2. The first-order valence-electron chi connectivity index (χ1n) is 13.8. The monoisotopic (exact) mass is 527 g/mol. The van der Waals surface area contributed by atoms with Crippen molar-refractivity contribution in [2.75, 3.05) is 64.9 Å². The van der Waals surface area contributed by atoms with Crippen LogP contribution < -0.4 is 19.7 Å². The highest BCUT2D eigenvalue weighted by Crippen LogP contribution is 2.36. The van der Waals surface area contributed by atoms with Crippen LogP contribution in [0.1, 0.15) is 12.0 Å². The topological polar surface area (TPSA) is 78.4 Å². The highest BCUT2D eigenvalue weighted by molar-refractivity contribution is 5.92. The first-order valence-corrected chi connectivity index (χ1v) is 13.8. The molecule has 2 aromatic carbocycles. The molecule has 39 heavy (non-hydrogen) atoms. The molecule has 0 bridgehead atoms. The second-order valence-corrected chi connectivity index (χ2v) is 10.6. The smallest absolute Gasteiger partial charge is 0.178 e. The fourth-order valence-corrected chi connectivity index (χ4v) is 5.71. The Hall–Kier alpha value is -3.69. The predicted molar refractivity (Wildman–Crippen MR) is 155 cm³/mol. The van der Waals surface area contributed by atoms with Crippen LogP contribution in [0.3, 0.4) is 0 Å². The molecule has 4 heterocycles. The molecule has 3 aromatic rings. The summed E-state index contributed by atoms with van der Waals surface area (Å²) in [6, 6.07) is 14.6. The molecule has 2 atom stereocenters. The fraction of sp³-hybridized carbons (Fsp3) is 0.433. The molecule has 3 aliphatic rings. The van der Waals surface area contributed by atoms with E-state index in [1.165, 1.54) is 11.1 Å². The molecule has 1 aromatic heterocycles. The van der Waals surface area contributed by atoms with Gasteiger partial charge in [0.2, 0.25) is 0 Å². The van der Waals surface area contributed by atoms with Gasteiger partial charge >= 0.3 is 0 Å². The zero-order valence-corrected chi connectivity index (χ0v) is 22.8. The summed E-state index contributed by atoms with van der Waals surface area (Å²) in [6.45, 7) is 6.25. The lowest BCUT2D eigenvalue weighted by Crippen LogP contribution is -2.54. The van der Waals surface area contributed by atoms with Gasteiger partial charge in [0, 0.05) is 76.0 Å². The highest BCUT2D eigenvalue weighted by Gasteiger charge is 2.28. The second kappa shape index (κ2) is 11.6. The predicted octanol–water partition coefficient (Wildman–Crippen LogP) is 3.18. The van der Waals surface area contributed by atoms with Gasteiger partial charge in [-0.1, -0.05) is 30.3 Å². The summed E-state index contributed by atoms with van der Waals surface area (Å²) < 4.78 is 11.9. The number of hydrogen-bond acceptors (Lipinski definition) is 9. The van der Waals surface area contributed by atoms with Gasteiger partial charge in [-0.15, -0.1) is 0 Å². The summed E-state index contributed by atoms with van der Waals surface area (Å²) in [7, 11) is 3.80. The van der Waals surface area contributed by atoms with E-state index in [4.69, 9.17) is 19.5 Å². The molecule has 0 saturated carbocycles. The minimum atomic E-state index is 0.0168. The number of nitrogens with zero attached hydrogens (tertiary/aromatic N) is 6. The number of aromatic nitrogens is 2. The van der Waals surface area contributed by atoms with Crippen LogP contribution in [-0.2, 0) is 6.42 Å². The van der Waals surface area contributed by atoms with Gasteiger partial charge in [0.05, 0.1) is 19.2 Å². The second-order valence-electron chi connectivity index (χ2n) is 10.6. The summed E-state index contributed by atoms with van der Waals surface area (Å²) in [5.41, 5.74) is 3.39. The maximum Gasteiger partial charge on any atom is 0.178 e. The Balaban J connectivity index is 1.13. The molecule has 6 rings (SSSR count). The molecular weight excluding hydrogens is 490 g/mol. The lowest BCUT2D eigenvalue weighted by atomic mass is 10.1. The normalized spacial score (nSPS) is 21.8. The van der Waals surface area contributed by atoms with E-state index in [1.807, 2.05) is 12.3 Å². The number of aliphatic imine (C=N–C) groups is 1. The molecule has 0 amide bonds. The van der Waals surface area contributed by atoms with Gasteiger partial charge in [-0.05, 0) is 30.2 Å². The van der Waals surface area contributed by atoms with Crippen LogP contribution in [0.2, 0.25) is 0 Å². The number of benzene rings is 2. The van der Waals surface area contributed by atoms with Crippen molar-refractivity contribution in [3.05, 3.63) is 66.1 Å². The van der Waals surface area contributed by atoms with Crippen molar-refractivity contribution >= 4 is 22.9 Å². The van der Waals surface area contributed by atoms with E-state index in [1.54, 1.807) is 13.4 Å².